The summed E-state index contributed by atoms with van der Waals surface area (Å²) in [6.45, 7) is 0.310. The van der Waals surface area contributed by atoms with Gasteiger partial charge >= 0.3 is 11.9 Å². The lowest BCUT2D eigenvalue weighted by Crippen LogP contribution is -2.42. The number of ether oxygens (including phenoxy) is 1. The van der Waals surface area contributed by atoms with Gasteiger partial charge in [-0.05, 0) is 11.4 Å². The van der Waals surface area contributed by atoms with E-state index in [9.17, 15) is 9.59 Å². The summed E-state index contributed by atoms with van der Waals surface area (Å²) >= 11 is 1.53. The molecule has 2 heterocycles. The van der Waals surface area contributed by atoms with Crippen molar-refractivity contribution in [3.63, 3.8) is 0 Å². The summed E-state index contributed by atoms with van der Waals surface area (Å²) < 4.78 is 4.40. The van der Waals surface area contributed by atoms with Gasteiger partial charge in [0.25, 0.3) is 0 Å². The number of rotatable bonds is 1. The Morgan fingerprint density at radius 2 is 2.00 bits per heavy atom. The van der Waals surface area contributed by atoms with Gasteiger partial charge in [0.2, 0.25) is 0 Å². The molecule has 13 heavy (non-hydrogen) atoms. The molecule has 1 aromatic rings. The fourth-order valence-corrected chi connectivity index (χ4v) is 1.84. The second-order valence-corrected chi connectivity index (χ2v) is 3.46. The van der Waals surface area contributed by atoms with Crippen molar-refractivity contribution in [1.29, 1.82) is 0 Å². The molecule has 0 aliphatic carbocycles. The van der Waals surface area contributed by atoms with Crippen LogP contribution in [0.2, 0.25) is 0 Å². The summed E-state index contributed by atoms with van der Waals surface area (Å²) in [5, 5.41) is 3.80. The van der Waals surface area contributed by atoms with Gasteiger partial charge in [-0.1, -0.05) is 0 Å². The van der Waals surface area contributed by atoms with Crippen molar-refractivity contribution in [2.24, 2.45) is 0 Å². The average Bonchev–Trinajstić information content (AvgIpc) is 2.53. The Morgan fingerprint density at radius 3 is 2.54 bits per heavy atom. The van der Waals surface area contributed by atoms with E-state index in [4.69, 9.17) is 0 Å². The van der Waals surface area contributed by atoms with Crippen LogP contribution in [0.15, 0.2) is 16.8 Å². The van der Waals surface area contributed by atoms with E-state index in [0.29, 0.717) is 0 Å². The number of thiophene rings is 1. The third kappa shape index (κ3) is 1.70. The van der Waals surface area contributed by atoms with Gasteiger partial charge in [0.1, 0.15) is 13.1 Å². The van der Waals surface area contributed by atoms with Crippen LogP contribution in [-0.2, 0) is 14.3 Å². The molecule has 0 aromatic carbocycles. The molecule has 1 fully saturated rings. The number of morpholine rings is 1. The van der Waals surface area contributed by atoms with Crippen LogP contribution in [0.25, 0.3) is 0 Å². The molecule has 1 saturated heterocycles. The van der Waals surface area contributed by atoms with E-state index < -0.39 is 11.9 Å². The Morgan fingerprint density at radius 1 is 1.31 bits per heavy atom. The number of hydrogen-bond acceptors (Lipinski definition) is 5. The van der Waals surface area contributed by atoms with Crippen LogP contribution in [0.3, 0.4) is 0 Å². The first kappa shape index (κ1) is 8.25. The first-order chi connectivity index (χ1) is 6.25. The Balaban J connectivity index is 2.16. The third-order valence-electron chi connectivity index (χ3n) is 1.74. The minimum atomic E-state index is -0.484. The lowest BCUT2D eigenvalue weighted by Gasteiger charge is -2.24. The fraction of sp³-hybridized carbons (Fsp3) is 0.250. The molecule has 0 radical (unpaired) electrons. The summed E-state index contributed by atoms with van der Waals surface area (Å²) in [4.78, 5) is 23.5. The van der Waals surface area contributed by atoms with Gasteiger partial charge in [-0.15, -0.1) is 0 Å². The van der Waals surface area contributed by atoms with Crippen LogP contribution < -0.4 is 4.90 Å². The zero-order chi connectivity index (χ0) is 9.26. The Hall–Kier alpha value is -1.36. The van der Waals surface area contributed by atoms with Crippen LogP contribution in [0.4, 0.5) is 5.69 Å². The second kappa shape index (κ2) is 3.18. The number of nitrogens with zero attached hydrogens (tertiary/aromatic N) is 1. The van der Waals surface area contributed by atoms with Crippen molar-refractivity contribution >= 4 is 29.0 Å². The van der Waals surface area contributed by atoms with Crippen LogP contribution in [0.5, 0.6) is 0 Å². The molecule has 5 heteroatoms. The molecule has 0 atom stereocenters. The Kier molecular flexibility index (Phi) is 2.02. The maximum absolute atomic E-state index is 10.9. The SMILES string of the molecule is O=C1CN(c2ccsc2)CC(=O)O1. The van der Waals surface area contributed by atoms with Crippen molar-refractivity contribution in [1.82, 2.24) is 0 Å². The fourth-order valence-electron chi connectivity index (χ4n) is 1.18. The minimum absolute atomic E-state index is 0.155. The number of carbonyl (C=O) groups excluding carboxylic acids is 2. The molecular weight excluding hydrogens is 190 g/mol. The molecule has 1 aromatic heterocycles. The van der Waals surface area contributed by atoms with Gasteiger partial charge in [0, 0.05) is 11.1 Å². The molecule has 4 nitrogen and oxygen atoms in total. The normalized spacial score (nSPS) is 17.4. The van der Waals surface area contributed by atoms with Crippen molar-refractivity contribution in [2.75, 3.05) is 18.0 Å². The third-order valence-corrected chi connectivity index (χ3v) is 2.41. The van der Waals surface area contributed by atoms with E-state index in [1.54, 1.807) is 4.90 Å². The number of anilines is 1. The molecule has 2 rings (SSSR count). The van der Waals surface area contributed by atoms with Crippen molar-refractivity contribution < 1.29 is 14.3 Å². The minimum Gasteiger partial charge on any atom is -0.390 e. The molecule has 0 bridgehead atoms. The molecule has 1 aliphatic rings. The zero-order valence-corrected chi connectivity index (χ0v) is 7.54. The lowest BCUT2D eigenvalue weighted by atomic mass is 10.3. The first-order valence-electron chi connectivity index (χ1n) is 3.76. The van der Waals surface area contributed by atoms with E-state index in [2.05, 4.69) is 4.74 Å². The summed E-state index contributed by atoms with van der Waals surface area (Å²) in [5.41, 5.74) is 0.898. The first-order valence-corrected chi connectivity index (χ1v) is 4.70. The van der Waals surface area contributed by atoms with Crippen molar-refractivity contribution in [3.05, 3.63) is 16.8 Å². The van der Waals surface area contributed by atoms with Gasteiger partial charge in [0.15, 0.2) is 0 Å². The van der Waals surface area contributed by atoms with E-state index >= 15 is 0 Å². The molecule has 0 spiro atoms. The highest BCUT2D eigenvalue weighted by molar-refractivity contribution is 7.08. The Labute approximate surface area is 78.7 Å². The second-order valence-electron chi connectivity index (χ2n) is 2.68. The van der Waals surface area contributed by atoms with Crippen molar-refractivity contribution in [3.8, 4) is 0 Å². The summed E-state index contributed by atoms with van der Waals surface area (Å²) in [7, 11) is 0. The average molecular weight is 197 g/mol. The number of esters is 2. The van der Waals surface area contributed by atoms with E-state index in [1.165, 1.54) is 11.3 Å². The van der Waals surface area contributed by atoms with Gasteiger partial charge in [-0.25, -0.2) is 9.59 Å². The largest absolute Gasteiger partial charge is 0.390 e. The van der Waals surface area contributed by atoms with Gasteiger partial charge < -0.3 is 9.64 Å². The van der Waals surface area contributed by atoms with Crippen LogP contribution in [0.1, 0.15) is 0 Å². The standard InChI is InChI=1S/C8H7NO3S/c10-7-3-9(4-8(11)12-7)6-1-2-13-5-6/h1-2,5H,3-4H2. The topological polar surface area (TPSA) is 46.6 Å². The monoisotopic (exact) mass is 197 g/mol. The summed E-state index contributed by atoms with van der Waals surface area (Å²) in [6.07, 6.45) is 0. The number of cyclic esters (lactones) is 2. The molecule has 0 N–H and O–H groups in total. The van der Waals surface area contributed by atoms with Crippen LogP contribution in [0, 0.1) is 0 Å². The molecule has 0 saturated carbocycles. The quantitative estimate of drug-likeness (QED) is 0.489. The van der Waals surface area contributed by atoms with Crippen molar-refractivity contribution in [2.45, 2.75) is 0 Å². The number of carbonyl (C=O) groups is 2. The highest BCUT2D eigenvalue weighted by atomic mass is 32.1. The highest BCUT2D eigenvalue weighted by Crippen LogP contribution is 2.19. The molecule has 0 unspecified atom stereocenters. The maximum atomic E-state index is 10.9. The molecule has 0 amide bonds. The van der Waals surface area contributed by atoms with E-state index in [1.807, 2.05) is 16.8 Å². The van der Waals surface area contributed by atoms with Gasteiger partial charge in [-0.3, -0.25) is 0 Å². The predicted octanol–water partition coefficient (Wildman–Crippen LogP) is 0.638. The zero-order valence-electron chi connectivity index (χ0n) is 6.73. The number of hydrogen-bond donors (Lipinski definition) is 0. The van der Waals surface area contributed by atoms with Gasteiger partial charge in [-0.2, -0.15) is 11.3 Å². The summed E-state index contributed by atoms with van der Waals surface area (Å²) in [6, 6.07) is 1.87. The van der Waals surface area contributed by atoms with E-state index in [0.717, 1.165) is 5.69 Å². The highest BCUT2D eigenvalue weighted by Gasteiger charge is 2.24. The summed E-state index contributed by atoms with van der Waals surface area (Å²) in [5.74, 6) is -0.968. The molecule has 68 valence electrons. The predicted molar refractivity (Wildman–Crippen MR) is 47.6 cm³/mol. The molecular formula is C8H7NO3S. The molecule has 1 aliphatic heterocycles. The van der Waals surface area contributed by atoms with E-state index in [-0.39, 0.29) is 13.1 Å². The van der Waals surface area contributed by atoms with Crippen LogP contribution >= 0.6 is 11.3 Å². The Bertz CT molecular complexity index is 317. The lowest BCUT2D eigenvalue weighted by molar-refractivity contribution is -0.160. The smallest absolute Gasteiger partial charge is 0.333 e. The van der Waals surface area contributed by atoms with Gasteiger partial charge in [0.05, 0.1) is 0 Å². The maximum Gasteiger partial charge on any atom is 0.333 e. The van der Waals surface area contributed by atoms with Crippen LogP contribution in [-0.4, -0.2) is 25.0 Å².